The first-order valence-electron chi connectivity index (χ1n) is 5.51. The van der Waals surface area contributed by atoms with Crippen molar-refractivity contribution in [3.8, 4) is 0 Å². The van der Waals surface area contributed by atoms with Crippen molar-refractivity contribution < 1.29 is 9.84 Å². The lowest BCUT2D eigenvalue weighted by Crippen LogP contribution is -2.12. The maximum atomic E-state index is 8.56. The molecule has 0 bridgehead atoms. The molecule has 0 atom stereocenters. The summed E-state index contributed by atoms with van der Waals surface area (Å²) in [6.45, 7) is 1.59. The van der Waals surface area contributed by atoms with Crippen molar-refractivity contribution in [3.05, 3.63) is 18.6 Å². The maximum Gasteiger partial charge on any atom is 0.154 e. The number of anilines is 1. The van der Waals surface area contributed by atoms with Crippen LogP contribution in [0.4, 0.5) is 5.82 Å². The molecule has 0 aliphatic heterocycles. The van der Waals surface area contributed by atoms with Crippen LogP contribution in [0.3, 0.4) is 0 Å². The summed E-state index contributed by atoms with van der Waals surface area (Å²) < 4.78 is 7.10. The summed E-state index contributed by atoms with van der Waals surface area (Å²) in [7, 11) is 1.95. The number of aryl methyl sites for hydroxylation is 1. The molecule has 0 unspecified atom stereocenters. The van der Waals surface area contributed by atoms with Crippen molar-refractivity contribution in [3.63, 3.8) is 0 Å². The van der Waals surface area contributed by atoms with Gasteiger partial charge in [-0.3, -0.25) is 0 Å². The Balaban J connectivity index is 1.99. The van der Waals surface area contributed by atoms with Gasteiger partial charge >= 0.3 is 0 Å². The van der Waals surface area contributed by atoms with Crippen LogP contribution >= 0.6 is 0 Å². The van der Waals surface area contributed by atoms with Crippen molar-refractivity contribution in [1.82, 2.24) is 14.5 Å². The number of aliphatic hydroxyl groups excluding tert-OH is 1. The highest BCUT2D eigenvalue weighted by Crippen LogP contribution is 2.17. The average molecular weight is 236 g/mol. The van der Waals surface area contributed by atoms with E-state index in [1.807, 2.05) is 17.7 Å². The van der Waals surface area contributed by atoms with Gasteiger partial charge in [0.1, 0.15) is 5.52 Å². The number of aromatic nitrogens is 3. The van der Waals surface area contributed by atoms with Crippen molar-refractivity contribution in [1.29, 1.82) is 0 Å². The van der Waals surface area contributed by atoms with Gasteiger partial charge in [-0.1, -0.05) is 0 Å². The van der Waals surface area contributed by atoms with Gasteiger partial charge in [-0.2, -0.15) is 0 Å². The average Bonchev–Trinajstić information content (AvgIpc) is 2.72. The molecule has 0 aromatic carbocycles. The van der Waals surface area contributed by atoms with Crippen LogP contribution in [0.15, 0.2) is 18.6 Å². The Morgan fingerprint density at radius 1 is 1.41 bits per heavy atom. The van der Waals surface area contributed by atoms with E-state index in [0.717, 1.165) is 16.9 Å². The van der Waals surface area contributed by atoms with E-state index in [-0.39, 0.29) is 6.61 Å². The van der Waals surface area contributed by atoms with Gasteiger partial charge in [0.25, 0.3) is 0 Å². The zero-order chi connectivity index (χ0) is 12.1. The molecule has 2 rings (SSSR count). The van der Waals surface area contributed by atoms with Gasteiger partial charge in [-0.15, -0.1) is 0 Å². The predicted molar refractivity (Wildman–Crippen MR) is 64.9 cm³/mol. The summed E-state index contributed by atoms with van der Waals surface area (Å²) in [6.07, 6.45) is 3.51. The normalized spacial score (nSPS) is 10.9. The summed E-state index contributed by atoms with van der Waals surface area (Å²) in [4.78, 5) is 8.54. The van der Waals surface area contributed by atoms with E-state index >= 15 is 0 Å². The minimum absolute atomic E-state index is 0.0497. The second kappa shape index (κ2) is 5.60. The van der Waals surface area contributed by atoms with Crippen LogP contribution in [0.2, 0.25) is 0 Å². The van der Waals surface area contributed by atoms with Crippen molar-refractivity contribution >= 4 is 16.9 Å². The number of nitrogens with zero attached hydrogens (tertiary/aromatic N) is 3. The van der Waals surface area contributed by atoms with E-state index in [4.69, 9.17) is 9.84 Å². The van der Waals surface area contributed by atoms with Gasteiger partial charge in [-0.05, 0) is 6.07 Å². The minimum Gasteiger partial charge on any atom is -0.394 e. The quantitative estimate of drug-likeness (QED) is 0.710. The summed E-state index contributed by atoms with van der Waals surface area (Å²) in [6, 6.07) is 1.93. The fourth-order valence-corrected chi connectivity index (χ4v) is 1.60. The molecule has 17 heavy (non-hydrogen) atoms. The second-order valence-corrected chi connectivity index (χ2v) is 3.65. The Kier molecular flexibility index (Phi) is 3.89. The molecule has 6 heteroatoms. The van der Waals surface area contributed by atoms with E-state index in [0.29, 0.717) is 19.8 Å². The molecule has 2 aromatic heterocycles. The molecule has 0 saturated carbocycles. The van der Waals surface area contributed by atoms with Crippen LogP contribution < -0.4 is 5.32 Å². The van der Waals surface area contributed by atoms with Gasteiger partial charge in [0.2, 0.25) is 0 Å². The highest BCUT2D eigenvalue weighted by molar-refractivity contribution is 5.85. The Labute approximate surface area is 99.3 Å². The summed E-state index contributed by atoms with van der Waals surface area (Å²) in [5.74, 6) is 0.760. The first-order chi connectivity index (χ1) is 8.33. The molecular formula is C11H16N4O2. The molecular weight excluding hydrogens is 220 g/mol. The molecule has 2 heterocycles. The third-order valence-electron chi connectivity index (χ3n) is 2.42. The van der Waals surface area contributed by atoms with Crippen LogP contribution in [-0.2, 0) is 11.8 Å². The van der Waals surface area contributed by atoms with Crippen molar-refractivity contribution in [2.75, 3.05) is 31.7 Å². The van der Waals surface area contributed by atoms with E-state index in [2.05, 4.69) is 15.3 Å². The molecule has 0 radical (unpaired) electrons. The van der Waals surface area contributed by atoms with Crippen LogP contribution in [0.1, 0.15) is 0 Å². The number of hydrogen-bond acceptors (Lipinski definition) is 5. The number of rotatable bonds is 6. The molecule has 0 saturated heterocycles. The van der Waals surface area contributed by atoms with Gasteiger partial charge in [0.05, 0.1) is 31.7 Å². The Morgan fingerprint density at radius 3 is 3.12 bits per heavy atom. The summed E-state index contributed by atoms with van der Waals surface area (Å²) in [5, 5.41) is 11.7. The predicted octanol–water partition coefficient (Wildman–Crippen LogP) is 0.389. The monoisotopic (exact) mass is 236 g/mol. The zero-order valence-electron chi connectivity index (χ0n) is 9.76. The maximum absolute atomic E-state index is 8.56. The van der Waals surface area contributed by atoms with E-state index in [9.17, 15) is 0 Å². The van der Waals surface area contributed by atoms with Crippen LogP contribution in [0, 0.1) is 0 Å². The number of aliphatic hydroxyl groups is 1. The number of fused-ring (bicyclic) bond motifs is 1. The first kappa shape index (κ1) is 11.8. The van der Waals surface area contributed by atoms with Gasteiger partial charge in [0, 0.05) is 19.8 Å². The van der Waals surface area contributed by atoms with Crippen LogP contribution in [0.5, 0.6) is 0 Å². The molecule has 0 fully saturated rings. The SMILES string of the molecule is Cn1cnc2c(NCCOCCO)nccc21. The molecule has 0 amide bonds. The fraction of sp³-hybridized carbons (Fsp3) is 0.455. The highest BCUT2D eigenvalue weighted by Gasteiger charge is 2.05. The van der Waals surface area contributed by atoms with Crippen molar-refractivity contribution in [2.45, 2.75) is 0 Å². The lowest BCUT2D eigenvalue weighted by Gasteiger charge is -2.06. The number of hydrogen-bond donors (Lipinski definition) is 2. The Hall–Kier alpha value is -1.66. The topological polar surface area (TPSA) is 72.2 Å². The molecule has 2 aromatic rings. The molecule has 92 valence electrons. The largest absolute Gasteiger partial charge is 0.394 e. The number of nitrogens with one attached hydrogen (secondary N) is 1. The van der Waals surface area contributed by atoms with Crippen LogP contribution in [0.25, 0.3) is 11.0 Å². The minimum atomic E-state index is 0.0497. The third kappa shape index (κ3) is 2.72. The molecule has 0 aliphatic rings. The first-order valence-corrected chi connectivity index (χ1v) is 5.51. The summed E-state index contributed by atoms with van der Waals surface area (Å²) >= 11 is 0. The number of ether oxygens (including phenoxy) is 1. The summed E-state index contributed by atoms with van der Waals surface area (Å²) in [5.41, 5.74) is 1.90. The molecule has 0 aliphatic carbocycles. The lowest BCUT2D eigenvalue weighted by atomic mass is 10.4. The third-order valence-corrected chi connectivity index (χ3v) is 2.42. The Bertz CT molecular complexity index is 483. The molecule has 0 spiro atoms. The van der Waals surface area contributed by atoms with Gasteiger partial charge < -0.3 is 19.7 Å². The van der Waals surface area contributed by atoms with Gasteiger partial charge in [0.15, 0.2) is 5.82 Å². The highest BCUT2D eigenvalue weighted by atomic mass is 16.5. The lowest BCUT2D eigenvalue weighted by molar-refractivity contribution is 0.0992. The Morgan fingerprint density at radius 2 is 2.29 bits per heavy atom. The van der Waals surface area contributed by atoms with Crippen LogP contribution in [-0.4, -0.2) is 46.0 Å². The van der Waals surface area contributed by atoms with E-state index < -0.39 is 0 Å². The molecule has 2 N–H and O–H groups in total. The van der Waals surface area contributed by atoms with E-state index in [1.54, 1.807) is 12.5 Å². The van der Waals surface area contributed by atoms with Crippen molar-refractivity contribution in [2.24, 2.45) is 7.05 Å². The van der Waals surface area contributed by atoms with E-state index in [1.165, 1.54) is 0 Å². The van der Waals surface area contributed by atoms with Gasteiger partial charge in [-0.25, -0.2) is 9.97 Å². The second-order valence-electron chi connectivity index (χ2n) is 3.65. The molecule has 6 nitrogen and oxygen atoms in total. The fourth-order valence-electron chi connectivity index (χ4n) is 1.60. The standard InChI is InChI=1S/C11H16N4O2/c1-15-8-14-10-9(15)2-3-12-11(10)13-4-6-17-7-5-16/h2-3,8,16H,4-7H2,1H3,(H,12,13). The smallest absolute Gasteiger partial charge is 0.154 e. The zero-order valence-corrected chi connectivity index (χ0v) is 9.76. The number of pyridine rings is 1. The number of imidazole rings is 1.